The zero-order chi connectivity index (χ0) is 71.9. The van der Waals surface area contributed by atoms with Gasteiger partial charge in [-0.2, -0.15) is 0 Å². The highest BCUT2D eigenvalue weighted by Gasteiger charge is 2.91. The molecule has 0 radical (unpaired) electrons. The molecule has 0 bridgehead atoms. The minimum absolute atomic E-state index is 0.151. The van der Waals surface area contributed by atoms with Crippen molar-refractivity contribution in [2.24, 2.45) is 59.2 Å². The Labute approximate surface area is 626 Å². The Morgan fingerprint density at radius 1 is 0.264 bits per heavy atom. The fraction of sp³-hybridized carbons (Fsp3) is 0.484. The van der Waals surface area contributed by atoms with Gasteiger partial charge in [0.15, 0.2) is 0 Å². The maximum atomic E-state index is 12.0. The van der Waals surface area contributed by atoms with Crippen LogP contribution in [0.2, 0.25) is 0 Å². The van der Waals surface area contributed by atoms with Crippen LogP contribution in [0.5, 0.6) is 0 Å². The molecule has 542 valence electrons. The summed E-state index contributed by atoms with van der Waals surface area (Å²) in [7, 11) is 0. The van der Waals surface area contributed by atoms with Gasteiger partial charge in [-0.3, -0.25) is 24.0 Å². The number of hydrogen-bond acceptors (Lipinski definition) is 5. The summed E-state index contributed by atoms with van der Waals surface area (Å²) in [4.78, 5) is 58.6. The topological polar surface area (TPSA) is 186 Å². The number of rotatable bonds is 30. The average Bonchev–Trinajstić information content (AvgIpc) is 1.39. The number of allylic oxidation sites excluding steroid dienone is 14. The largest absolute Gasteiger partial charge is 0.481 e. The third kappa shape index (κ3) is 7.99. The number of halogens is 1. The van der Waals surface area contributed by atoms with Crippen LogP contribution in [0.3, 0.4) is 0 Å². The minimum Gasteiger partial charge on any atom is -0.481 e. The molecular formula is C95H95ClO10. The number of aryl methyl sites for hydroxylation is 5. The Kier molecular flexibility index (Phi) is 14.6. The van der Waals surface area contributed by atoms with E-state index in [4.69, 9.17) is 0 Å². The van der Waals surface area contributed by atoms with Gasteiger partial charge in [0.05, 0.1) is 27.1 Å². The van der Waals surface area contributed by atoms with E-state index in [1.807, 2.05) is 0 Å². The molecule has 0 aromatic heterocycles. The summed E-state index contributed by atoms with van der Waals surface area (Å²) in [5.74, 6) is -0.863. The van der Waals surface area contributed by atoms with Gasteiger partial charge >= 0.3 is 29.8 Å². The molecule has 21 rings (SSSR count). The summed E-state index contributed by atoms with van der Waals surface area (Å²) in [6.07, 6.45) is 23.2. The van der Waals surface area contributed by atoms with Gasteiger partial charge in [-0.25, -0.2) is 0 Å². The first kappa shape index (κ1) is 66.1. The van der Waals surface area contributed by atoms with Crippen molar-refractivity contribution in [2.45, 2.75) is 225 Å². The standard InChI is InChI=1S/C95H95ClO10/c96-95-88-86-87-89(95)93(59-37-27-54(28-38-59)14-4-9-19-74(103)104)81-66-46-44-64-62-42-41-61-63-43-45-65-67-47-49-69-70-50-48-68(66)83(93)85(70)94(95,60-39-29-55(30-40-60)15-5-10-20-75(105)106)84(69)82(67)92(88,58-35-25-53(26-36-58)13-3-8-18-73(101)102)80(65)78(63)90(86,56-31-21-51(22-32-56)11-1-6-16-71(97)98)76(61)77(62)91(87,79(64)81)57-33-23-52(24-34-57)12-2-7-17-72(99)100/h21-40,61-70H,1-20,41-50H2,(H,97,98)(H,99,100)(H,101,102)(H,103,104)(H,105,106)/t61?,62?,63?,64?,65?,66?,67?,68?,69?,70?,90-,91+,92-,93+,94?,95?. The molecule has 0 saturated heterocycles. The Hall–Kier alpha value is -8.08. The van der Waals surface area contributed by atoms with E-state index in [1.54, 1.807) is 55.7 Å². The van der Waals surface area contributed by atoms with E-state index in [0.717, 1.165) is 128 Å². The van der Waals surface area contributed by atoms with Crippen molar-refractivity contribution in [3.8, 4) is 0 Å². The first-order chi connectivity index (χ1) is 51.6. The van der Waals surface area contributed by atoms with Crippen LogP contribution in [0.15, 0.2) is 199 Å². The number of carboxylic acid groups (broad SMARTS) is 5. The maximum absolute atomic E-state index is 12.0. The third-order valence-electron chi connectivity index (χ3n) is 31.5. The molecule has 5 fully saturated rings. The van der Waals surface area contributed by atoms with Crippen LogP contribution < -0.4 is 0 Å². The van der Waals surface area contributed by atoms with Crippen LogP contribution in [0.25, 0.3) is 0 Å². The Balaban J connectivity index is 0.939. The highest BCUT2D eigenvalue weighted by atomic mass is 35.5. The summed E-state index contributed by atoms with van der Waals surface area (Å²) in [5, 5.41) is 49.1. The summed E-state index contributed by atoms with van der Waals surface area (Å²) in [6.45, 7) is 0. The van der Waals surface area contributed by atoms with Gasteiger partial charge in [-0.15, -0.1) is 11.6 Å². The molecule has 11 heteroatoms. The summed E-state index contributed by atoms with van der Waals surface area (Å²) < 4.78 is 0. The third-order valence-corrected chi connectivity index (χ3v) is 32.2. The van der Waals surface area contributed by atoms with Gasteiger partial charge in [0.25, 0.3) is 0 Å². The number of carbonyl (C=O) groups is 5. The SMILES string of the molecule is O=C(O)CCCCc1ccc(C23C4=C5C6CCC4C4CCC7C(=C42)[C@@]2(c4ccc(CCCCC(=O)O)cc4)C4=C8C(CCC47)C4CCC7C9=C4[C@@]8(c4ccc(CCCCC(=O)O)cc4)C4=C2C3(Cl)C2=C4[C@]9(c3ccc(CCCCC(=O)O)cc3)C3=C(C6CCC37)[C@@]52c2ccc(CCCCC(=O)O)cc2)cc1. The van der Waals surface area contributed by atoms with E-state index in [-0.39, 0.29) is 67.6 Å². The van der Waals surface area contributed by atoms with Crippen LogP contribution >= 0.6 is 11.6 Å². The summed E-state index contributed by atoms with van der Waals surface area (Å²) >= 11 is 10.9. The number of benzene rings is 5. The lowest BCUT2D eigenvalue weighted by Crippen LogP contribution is -2.65. The molecule has 5 saturated carbocycles. The molecule has 0 heterocycles. The lowest BCUT2D eigenvalue weighted by molar-refractivity contribution is -0.138. The Bertz CT molecular complexity index is 4700. The quantitative estimate of drug-likeness (QED) is 0.0168. The second-order valence-electron chi connectivity index (χ2n) is 35.5. The first-order valence-corrected chi connectivity index (χ1v) is 41.5. The lowest BCUT2D eigenvalue weighted by atomic mass is 9.39. The minimum atomic E-state index is -1.18. The van der Waals surface area contributed by atoms with Gasteiger partial charge in [0, 0.05) is 32.1 Å². The predicted octanol–water partition coefficient (Wildman–Crippen LogP) is 19.0. The molecule has 0 amide bonds. The number of unbranched alkanes of at least 4 members (excludes halogenated alkanes) is 5. The summed E-state index contributed by atoms with van der Waals surface area (Å²) in [6, 6.07) is 50.0. The van der Waals surface area contributed by atoms with Crippen LogP contribution in [0, 0.1) is 59.2 Å². The van der Waals surface area contributed by atoms with E-state index < -0.39 is 61.8 Å². The van der Waals surface area contributed by atoms with Gasteiger partial charge in [-0.05, 0) is 353 Å². The van der Waals surface area contributed by atoms with Gasteiger partial charge in [0.1, 0.15) is 4.87 Å². The van der Waals surface area contributed by atoms with Crippen molar-refractivity contribution < 1.29 is 49.5 Å². The van der Waals surface area contributed by atoms with Gasteiger partial charge in [-0.1, -0.05) is 121 Å². The number of fused-ring (bicyclic) bond motifs is 5. The fourth-order valence-electron chi connectivity index (χ4n) is 28.9. The Morgan fingerprint density at radius 3 is 0.679 bits per heavy atom. The van der Waals surface area contributed by atoms with E-state index in [2.05, 4.69) is 121 Å². The molecule has 12 unspecified atom stereocenters. The zero-order valence-electron chi connectivity index (χ0n) is 60.7. The highest BCUT2D eigenvalue weighted by Crippen LogP contribution is 2.96. The van der Waals surface area contributed by atoms with E-state index >= 15 is 0 Å². The highest BCUT2D eigenvalue weighted by molar-refractivity contribution is 6.33. The van der Waals surface area contributed by atoms with Crippen molar-refractivity contribution in [2.75, 3.05) is 0 Å². The molecule has 5 aromatic carbocycles. The predicted molar refractivity (Wildman–Crippen MR) is 405 cm³/mol. The molecule has 0 spiro atoms. The number of alkyl halides is 1. The van der Waals surface area contributed by atoms with Gasteiger partial charge in [0.2, 0.25) is 0 Å². The molecule has 16 aliphatic carbocycles. The van der Waals surface area contributed by atoms with Crippen LogP contribution in [0.4, 0.5) is 0 Å². The second kappa shape index (κ2) is 23.5. The number of aliphatic carboxylic acids is 5. The smallest absolute Gasteiger partial charge is 0.303 e. The monoisotopic (exact) mass is 1430 g/mol. The average molecular weight is 1430 g/mol. The molecule has 16 atom stereocenters. The van der Waals surface area contributed by atoms with Crippen LogP contribution in [-0.4, -0.2) is 60.3 Å². The number of hydrogen-bond donors (Lipinski definition) is 5. The first-order valence-electron chi connectivity index (χ1n) is 41.1. The molecule has 10 nitrogen and oxygen atoms in total. The normalized spacial score (nSPS) is 34.6. The molecule has 5 N–H and O–H groups in total. The molecule has 0 aliphatic heterocycles. The van der Waals surface area contributed by atoms with Crippen molar-refractivity contribution in [1.29, 1.82) is 0 Å². The van der Waals surface area contributed by atoms with Gasteiger partial charge < -0.3 is 25.5 Å². The van der Waals surface area contributed by atoms with Crippen molar-refractivity contribution in [3.05, 3.63) is 255 Å². The Morgan fingerprint density at radius 2 is 0.453 bits per heavy atom. The van der Waals surface area contributed by atoms with E-state index in [1.165, 1.54) is 77.9 Å². The summed E-state index contributed by atoms with van der Waals surface area (Å²) in [5.41, 5.74) is 32.3. The number of carboxylic acids is 5. The lowest BCUT2D eigenvalue weighted by Gasteiger charge is -2.65. The van der Waals surface area contributed by atoms with Crippen molar-refractivity contribution in [1.82, 2.24) is 0 Å². The molecular weight excluding hydrogens is 1340 g/mol. The van der Waals surface area contributed by atoms with Crippen molar-refractivity contribution >= 4 is 41.4 Å². The van der Waals surface area contributed by atoms with Crippen molar-refractivity contribution in [3.63, 3.8) is 0 Å². The van der Waals surface area contributed by atoms with E-state index in [9.17, 15) is 61.1 Å². The molecule has 106 heavy (non-hydrogen) atoms. The second-order valence-corrected chi connectivity index (χ2v) is 36.1. The maximum Gasteiger partial charge on any atom is 0.303 e. The van der Waals surface area contributed by atoms with E-state index in [0.29, 0.717) is 55.8 Å². The fourth-order valence-corrected chi connectivity index (χ4v) is 29.7. The molecule has 5 aromatic rings. The molecule has 16 aliphatic rings. The zero-order valence-corrected chi connectivity index (χ0v) is 61.4. The van der Waals surface area contributed by atoms with Crippen LogP contribution in [-0.2, 0) is 83.2 Å². The van der Waals surface area contributed by atoms with Crippen LogP contribution in [0.1, 0.15) is 216 Å².